The Morgan fingerprint density at radius 3 is 2.45 bits per heavy atom. The summed E-state index contributed by atoms with van der Waals surface area (Å²) >= 11 is 7.42. The van der Waals surface area contributed by atoms with Crippen molar-refractivity contribution in [1.29, 1.82) is 0 Å². The van der Waals surface area contributed by atoms with Gasteiger partial charge in [-0.05, 0) is 60.6 Å². The summed E-state index contributed by atoms with van der Waals surface area (Å²) in [6.45, 7) is 4.73. The number of hydrogen-bond acceptors (Lipinski definition) is 5. The van der Waals surface area contributed by atoms with Crippen LogP contribution in [0.1, 0.15) is 47.1 Å². The molecule has 5 nitrogen and oxygen atoms in total. The Balaban J connectivity index is 1.23. The lowest BCUT2D eigenvalue weighted by Crippen LogP contribution is -2.38. The number of halogens is 1. The van der Waals surface area contributed by atoms with Gasteiger partial charge in [-0.2, -0.15) is 4.37 Å². The Morgan fingerprint density at radius 2 is 1.77 bits per heavy atom. The monoisotopic (exact) mass is 454 g/mol. The molecule has 0 bridgehead atoms. The van der Waals surface area contributed by atoms with Crippen molar-refractivity contribution in [2.24, 2.45) is 5.92 Å². The van der Waals surface area contributed by atoms with Crippen LogP contribution in [0.2, 0.25) is 5.02 Å². The van der Waals surface area contributed by atoms with Crippen LogP contribution in [-0.2, 0) is 12.8 Å². The van der Waals surface area contributed by atoms with Gasteiger partial charge in [-0.15, -0.1) is 0 Å². The third-order valence-electron chi connectivity index (χ3n) is 5.79. The molecule has 2 aromatic carbocycles. The Bertz CT molecular complexity index is 995. The Kier molecular flexibility index (Phi) is 7.20. The van der Waals surface area contributed by atoms with E-state index < -0.39 is 0 Å². The number of nitrogens with zero attached hydrogens (tertiary/aromatic N) is 3. The largest absolute Gasteiger partial charge is 0.352 e. The fraction of sp³-hybridized carbons (Fsp3) is 0.375. The standard InChI is InChI=1S/C24H27ClN4OS/c1-2-17-3-7-20(8-4-17)23(30)26-16-19-11-13-29(14-12-19)24-27-22(28-31-24)15-18-5-9-21(25)10-6-18/h3-10,19H,2,11-16H2,1H3,(H,26,30). The molecule has 1 N–H and O–H groups in total. The van der Waals surface area contributed by atoms with Crippen LogP contribution in [0.5, 0.6) is 0 Å². The fourth-order valence-electron chi connectivity index (χ4n) is 3.79. The van der Waals surface area contributed by atoms with Gasteiger partial charge in [0.15, 0.2) is 0 Å². The zero-order chi connectivity index (χ0) is 21.6. The number of aryl methyl sites for hydroxylation is 1. The number of piperidine rings is 1. The molecule has 1 aliphatic heterocycles. The second kappa shape index (κ2) is 10.2. The minimum absolute atomic E-state index is 0.0149. The van der Waals surface area contributed by atoms with E-state index in [0.29, 0.717) is 5.92 Å². The van der Waals surface area contributed by atoms with E-state index in [1.165, 1.54) is 17.1 Å². The van der Waals surface area contributed by atoms with Crippen LogP contribution in [0.15, 0.2) is 48.5 Å². The van der Waals surface area contributed by atoms with Crippen molar-refractivity contribution in [1.82, 2.24) is 14.7 Å². The molecule has 0 spiro atoms. The highest BCUT2D eigenvalue weighted by atomic mass is 35.5. The minimum Gasteiger partial charge on any atom is -0.352 e. The van der Waals surface area contributed by atoms with Gasteiger partial charge in [0, 0.05) is 48.2 Å². The summed E-state index contributed by atoms with van der Waals surface area (Å²) in [5.41, 5.74) is 3.14. The molecule has 1 aromatic heterocycles. The number of carbonyl (C=O) groups excluding carboxylic acids is 1. The first-order chi connectivity index (χ1) is 15.1. The van der Waals surface area contributed by atoms with Gasteiger partial charge < -0.3 is 10.2 Å². The zero-order valence-corrected chi connectivity index (χ0v) is 19.3. The lowest BCUT2D eigenvalue weighted by molar-refractivity contribution is 0.0945. The lowest BCUT2D eigenvalue weighted by Gasteiger charge is -2.31. The molecule has 2 heterocycles. The molecule has 162 valence electrons. The summed E-state index contributed by atoms with van der Waals surface area (Å²) in [5.74, 6) is 1.36. The maximum absolute atomic E-state index is 12.4. The SMILES string of the molecule is CCc1ccc(C(=O)NCC2CCN(c3nc(Cc4ccc(Cl)cc4)ns3)CC2)cc1. The van der Waals surface area contributed by atoms with E-state index in [0.717, 1.165) is 72.4 Å². The summed E-state index contributed by atoms with van der Waals surface area (Å²) in [4.78, 5) is 19.4. The second-order valence-electron chi connectivity index (χ2n) is 7.99. The van der Waals surface area contributed by atoms with Gasteiger partial charge in [0.2, 0.25) is 5.13 Å². The summed E-state index contributed by atoms with van der Waals surface area (Å²) in [6, 6.07) is 15.7. The van der Waals surface area contributed by atoms with E-state index in [1.807, 2.05) is 48.5 Å². The van der Waals surface area contributed by atoms with E-state index in [2.05, 4.69) is 21.5 Å². The summed E-state index contributed by atoms with van der Waals surface area (Å²) < 4.78 is 4.53. The minimum atomic E-state index is 0.0149. The number of amides is 1. The first kappa shape index (κ1) is 21.8. The Labute approximate surface area is 192 Å². The average molecular weight is 455 g/mol. The van der Waals surface area contributed by atoms with Crippen molar-refractivity contribution in [3.63, 3.8) is 0 Å². The Hall–Kier alpha value is -2.44. The molecule has 0 aliphatic carbocycles. The summed E-state index contributed by atoms with van der Waals surface area (Å²) in [7, 11) is 0. The van der Waals surface area contributed by atoms with Crippen molar-refractivity contribution in [2.75, 3.05) is 24.5 Å². The third-order valence-corrected chi connectivity index (χ3v) is 6.86. The molecule has 0 saturated carbocycles. The maximum atomic E-state index is 12.4. The van der Waals surface area contributed by atoms with Crippen molar-refractivity contribution >= 4 is 34.2 Å². The van der Waals surface area contributed by atoms with E-state index in [9.17, 15) is 4.79 Å². The van der Waals surface area contributed by atoms with E-state index in [-0.39, 0.29) is 5.91 Å². The predicted molar refractivity (Wildman–Crippen MR) is 127 cm³/mol. The van der Waals surface area contributed by atoms with Crippen molar-refractivity contribution in [3.8, 4) is 0 Å². The Morgan fingerprint density at radius 1 is 1.10 bits per heavy atom. The van der Waals surface area contributed by atoms with Crippen LogP contribution in [0.25, 0.3) is 0 Å². The van der Waals surface area contributed by atoms with Crippen LogP contribution in [0.3, 0.4) is 0 Å². The number of aromatic nitrogens is 2. The first-order valence-corrected chi connectivity index (χ1v) is 11.9. The summed E-state index contributed by atoms with van der Waals surface area (Å²) in [5, 5.41) is 4.83. The predicted octanol–water partition coefficient (Wildman–Crippen LogP) is 4.99. The highest BCUT2D eigenvalue weighted by Crippen LogP contribution is 2.25. The molecule has 0 unspecified atom stereocenters. The van der Waals surface area contributed by atoms with E-state index in [1.54, 1.807) is 0 Å². The van der Waals surface area contributed by atoms with Gasteiger partial charge in [0.1, 0.15) is 5.82 Å². The number of benzene rings is 2. The molecule has 1 amide bonds. The van der Waals surface area contributed by atoms with Crippen LogP contribution in [-0.4, -0.2) is 34.9 Å². The van der Waals surface area contributed by atoms with Crippen molar-refractivity contribution in [2.45, 2.75) is 32.6 Å². The van der Waals surface area contributed by atoms with Gasteiger partial charge >= 0.3 is 0 Å². The second-order valence-corrected chi connectivity index (χ2v) is 9.15. The van der Waals surface area contributed by atoms with Crippen molar-refractivity contribution < 1.29 is 4.79 Å². The fourth-order valence-corrected chi connectivity index (χ4v) is 4.65. The molecule has 31 heavy (non-hydrogen) atoms. The number of nitrogens with one attached hydrogen (secondary N) is 1. The van der Waals surface area contributed by atoms with E-state index >= 15 is 0 Å². The smallest absolute Gasteiger partial charge is 0.251 e. The van der Waals surface area contributed by atoms with E-state index in [4.69, 9.17) is 16.6 Å². The number of hydrogen-bond donors (Lipinski definition) is 1. The highest BCUT2D eigenvalue weighted by molar-refractivity contribution is 7.09. The number of anilines is 1. The molecule has 0 atom stereocenters. The van der Waals surface area contributed by atoms with Crippen molar-refractivity contribution in [3.05, 3.63) is 76.1 Å². The van der Waals surface area contributed by atoms with Crippen LogP contribution in [0, 0.1) is 5.92 Å². The van der Waals surface area contributed by atoms with Gasteiger partial charge in [-0.1, -0.05) is 42.8 Å². The van der Waals surface area contributed by atoms with Gasteiger partial charge in [-0.3, -0.25) is 4.79 Å². The topological polar surface area (TPSA) is 58.1 Å². The third kappa shape index (κ3) is 5.83. The zero-order valence-electron chi connectivity index (χ0n) is 17.7. The first-order valence-electron chi connectivity index (χ1n) is 10.8. The van der Waals surface area contributed by atoms with Crippen LogP contribution < -0.4 is 10.2 Å². The molecular weight excluding hydrogens is 428 g/mol. The molecule has 1 fully saturated rings. The normalized spacial score (nSPS) is 14.6. The van der Waals surface area contributed by atoms with Gasteiger partial charge in [0.05, 0.1) is 0 Å². The molecule has 1 aliphatic rings. The molecule has 4 rings (SSSR count). The molecule has 7 heteroatoms. The molecule has 3 aromatic rings. The molecule has 1 saturated heterocycles. The summed E-state index contributed by atoms with van der Waals surface area (Å²) in [6.07, 6.45) is 3.79. The maximum Gasteiger partial charge on any atom is 0.251 e. The average Bonchev–Trinajstić information content (AvgIpc) is 3.28. The number of carbonyl (C=O) groups is 1. The lowest BCUT2D eigenvalue weighted by atomic mass is 9.97. The van der Waals surface area contributed by atoms with Gasteiger partial charge in [0.25, 0.3) is 5.91 Å². The quantitative estimate of drug-likeness (QED) is 0.546. The van der Waals surface area contributed by atoms with Crippen LogP contribution >= 0.6 is 23.1 Å². The molecular formula is C24H27ClN4OS. The number of rotatable bonds is 7. The molecule has 0 radical (unpaired) electrons. The highest BCUT2D eigenvalue weighted by Gasteiger charge is 2.22. The van der Waals surface area contributed by atoms with Crippen LogP contribution in [0.4, 0.5) is 5.13 Å². The van der Waals surface area contributed by atoms with Gasteiger partial charge in [-0.25, -0.2) is 4.98 Å².